The van der Waals surface area contributed by atoms with Crippen LogP contribution in [0.15, 0.2) is 30.6 Å². The summed E-state index contributed by atoms with van der Waals surface area (Å²) >= 11 is 0. The van der Waals surface area contributed by atoms with Crippen LogP contribution in [0.2, 0.25) is 0 Å². The fraction of sp³-hybridized carbons (Fsp3) is 0.350. The van der Waals surface area contributed by atoms with Crippen molar-refractivity contribution in [2.45, 2.75) is 40.0 Å². The van der Waals surface area contributed by atoms with Gasteiger partial charge in [-0.2, -0.15) is 10.1 Å². The molecule has 3 rings (SSSR count). The van der Waals surface area contributed by atoms with Crippen molar-refractivity contribution < 1.29 is 14.3 Å². The van der Waals surface area contributed by atoms with Gasteiger partial charge in [-0.3, -0.25) is 9.59 Å². The largest absolute Gasteiger partial charge is 0.457 e. The van der Waals surface area contributed by atoms with Crippen LogP contribution in [0.5, 0.6) is 0 Å². The number of hydrogen-bond acceptors (Lipinski definition) is 6. The summed E-state index contributed by atoms with van der Waals surface area (Å²) in [5, 5.41) is 4.13. The lowest BCUT2D eigenvalue weighted by molar-refractivity contribution is -0.142. The van der Waals surface area contributed by atoms with Gasteiger partial charge >= 0.3 is 5.97 Å². The lowest BCUT2D eigenvalue weighted by Gasteiger charge is -2.10. The third-order valence-corrected chi connectivity index (χ3v) is 4.62. The first kappa shape index (κ1) is 18.7. The summed E-state index contributed by atoms with van der Waals surface area (Å²) in [4.78, 5) is 32.7. The van der Waals surface area contributed by atoms with Crippen molar-refractivity contribution in [3.8, 4) is 0 Å². The molecule has 0 bridgehead atoms. The minimum Gasteiger partial charge on any atom is -0.457 e. The highest BCUT2D eigenvalue weighted by molar-refractivity contribution is 5.97. The number of esters is 1. The third-order valence-electron chi connectivity index (χ3n) is 4.62. The highest BCUT2D eigenvalue weighted by Crippen LogP contribution is 2.15. The molecule has 1 aromatic carbocycles. The summed E-state index contributed by atoms with van der Waals surface area (Å²) in [6.07, 6.45) is 3.01. The average Bonchev–Trinajstić information content (AvgIpc) is 3.14. The van der Waals surface area contributed by atoms with Crippen LogP contribution >= 0.6 is 0 Å². The van der Waals surface area contributed by atoms with E-state index in [-0.39, 0.29) is 18.8 Å². The number of fused-ring (bicyclic) bond motifs is 1. The third kappa shape index (κ3) is 4.19. The molecule has 7 nitrogen and oxygen atoms in total. The highest BCUT2D eigenvalue weighted by Gasteiger charge is 2.14. The number of rotatable bonds is 7. The molecule has 0 spiro atoms. The maximum absolute atomic E-state index is 12.1. The maximum atomic E-state index is 12.1. The Morgan fingerprint density at radius 1 is 1.15 bits per heavy atom. The Hall–Kier alpha value is -3.09. The van der Waals surface area contributed by atoms with Crippen molar-refractivity contribution in [3.05, 3.63) is 58.7 Å². The van der Waals surface area contributed by atoms with Crippen molar-refractivity contribution >= 4 is 17.5 Å². The number of nitrogens with zero attached hydrogens (tertiary/aromatic N) is 4. The zero-order valence-corrected chi connectivity index (χ0v) is 15.7. The molecule has 0 saturated heterocycles. The van der Waals surface area contributed by atoms with Crippen molar-refractivity contribution in [1.29, 1.82) is 0 Å². The fourth-order valence-corrected chi connectivity index (χ4v) is 2.97. The Kier molecular flexibility index (Phi) is 5.59. The highest BCUT2D eigenvalue weighted by atomic mass is 16.5. The number of ether oxygens (including phenoxy) is 1. The molecule has 0 aliphatic rings. The average molecular weight is 366 g/mol. The van der Waals surface area contributed by atoms with Gasteiger partial charge in [0.1, 0.15) is 6.33 Å². The molecule has 2 heterocycles. The Labute approximate surface area is 157 Å². The molecule has 0 aliphatic carbocycles. The van der Waals surface area contributed by atoms with E-state index in [1.807, 2.05) is 26.0 Å². The molecule has 0 N–H and O–H groups in total. The van der Waals surface area contributed by atoms with Gasteiger partial charge in [-0.25, -0.2) is 9.50 Å². The molecule has 0 unspecified atom stereocenters. The van der Waals surface area contributed by atoms with E-state index in [0.29, 0.717) is 17.8 Å². The molecule has 27 heavy (non-hydrogen) atoms. The van der Waals surface area contributed by atoms with Gasteiger partial charge in [-0.1, -0.05) is 31.2 Å². The first-order chi connectivity index (χ1) is 13.0. The van der Waals surface area contributed by atoms with Gasteiger partial charge in [0.05, 0.1) is 0 Å². The molecule has 7 heteroatoms. The van der Waals surface area contributed by atoms with E-state index in [1.54, 1.807) is 16.6 Å². The number of ketones is 1. The van der Waals surface area contributed by atoms with Crippen LogP contribution in [0.4, 0.5) is 0 Å². The monoisotopic (exact) mass is 366 g/mol. The Morgan fingerprint density at radius 3 is 2.59 bits per heavy atom. The van der Waals surface area contributed by atoms with Crippen LogP contribution in [0.25, 0.3) is 5.78 Å². The SMILES string of the molecule is CCc1ccc(C(=O)COC(=O)CCc2c(C)nc3ncnn3c2C)cc1. The van der Waals surface area contributed by atoms with E-state index in [0.717, 1.165) is 28.9 Å². The van der Waals surface area contributed by atoms with Crippen LogP contribution < -0.4 is 0 Å². The van der Waals surface area contributed by atoms with Gasteiger partial charge in [-0.05, 0) is 37.8 Å². The van der Waals surface area contributed by atoms with E-state index >= 15 is 0 Å². The predicted molar refractivity (Wildman–Crippen MR) is 99.7 cm³/mol. The maximum Gasteiger partial charge on any atom is 0.306 e. The molecule has 0 amide bonds. The summed E-state index contributed by atoms with van der Waals surface area (Å²) in [5.41, 5.74) is 4.36. The van der Waals surface area contributed by atoms with Crippen LogP contribution in [-0.4, -0.2) is 37.9 Å². The smallest absolute Gasteiger partial charge is 0.306 e. The van der Waals surface area contributed by atoms with Crippen LogP contribution in [0.1, 0.15) is 46.2 Å². The van der Waals surface area contributed by atoms with Gasteiger partial charge in [0.15, 0.2) is 12.4 Å². The number of carbonyl (C=O) groups excluding carboxylic acids is 2. The summed E-state index contributed by atoms with van der Waals surface area (Å²) in [6.45, 7) is 5.60. The normalized spacial score (nSPS) is 10.9. The first-order valence-electron chi connectivity index (χ1n) is 8.93. The van der Waals surface area contributed by atoms with Crippen molar-refractivity contribution in [1.82, 2.24) is 19.6 Å². The van der Waals surface area contributed by atoms with Crippen LogP contribution in [-0.2, 0) is 22.4 Å². The van der Waals surface area contributed by atoms with Gasteiger partial charge in [0, 0.05) is 23.4 Å². The van der Waals surface area contributed by atoms with Crippen molar-refractivity contribution in [2.24, 2.45) is 0 Å². The van der Waals surface area contributed by atoms with Gasteiger partial charge in [-0.15, -0.1) is 0 Å². The first-order valence-corrected chi connectivity index (χ1v) is 8.93. The molecule has 0 fully saturated rings. The van der Waals surface area contributed by atoms with E-state index in [4.69, 9.17) is 4.74 Å². The minimum atomic E-state index is -0.411. The second-order valence-corrected chi connectivity index (χ2v) is 6.37. The van der Waals surface area contributed by atoms with Crippen LogP contribution in [0.3, 0.4) is 0 Å². The number of Topliss-reactive ketones (excluding diaryl/α,β-unsaturated/α-hetero) is 1. The molecule has 3 aromatic rings. The lowest BCUT2D eigenvalue weighted by atomic mass is 10.1. The molecule has 140 valence electrons. The number of hydrogen-bond donors (Lipinski definition) is 0. The molecule has 0 saturated carbocycles. The summed E-state index contributed by atoms with van der Waals surface area (Å²) in [7, 11) is 0. The summed E-state index contributed by atoms with van der Waals surface area (Å²) in [5.74, 6) is -0.0777. The van der Waals surface area contributed by atoms with E-state index in [9.17, 15) is 9.59 Å². The number of carbonyl (C=O) groups is 2. The van der Waals surface area contributed by atoms with Crippen molar-refractivity contribution in [2.75, 3.05) is 6.61 Å². The van der Waals surface area contributed by atoms with E-state index < -0.39 is 5.97 Å². The second-order valence-electron chi connectivity index (χ2n) is 6.37. The quantitative estimate of drug-likeness (QED) is 0.472. The Balaban J connectivity index is 1.56. The molecule has 0 aliphatic heterocycles. The Bertz CT molecular complexity index is 977. The Morgan fingerprint density at radius 2 is 1.89 bits per heavy atom. The number of benzene rings is 1. The molecule has 2 aromatic heterocycles. The van der Waals surface area contributed by atoms with Crippen molar-refractivity contribution in [3.63, 3.8) is 0 Å². The predicted octanol–water partition coefficient (Wildman–Crippen LogP) is 2.66. The topological polar surface area (TPSA) is 86.5 Å². The number of aromatic nitrogens is 4. The molecule has 0 radical (unpaired) electrons. The number of aryl methyl sites for hydroxylation is 3. The summed E-state index contributed by atoms with van der Waals surface area (Å²) < 4.78 is 6.80. The van der Waals surface area contributed by atoms with E-state index in [1.165, 1.54) is 6.33 Å². The fourth-order valence-electron chi connectivity index (χ4n) is 2.97. The minimum absolute atomic E-state index is 0.172. The lowest BCUT2D eigenvalue weighted by Crippen LogP contribution is -2.15. The van der Waals surface area contributed by atoms with Gasteiger partial charge in [0.2, 0.25) is 0 Å². The zero-order valence-electron chi connectivity index (χ0n) is 15.7. The molecular formula is C20H22N4O3. The second kappa shape index (κ2) is 8.07. The van der Waals surface area contributed by atoms with E-state index in [2.05, 4.69) is 22.0 Å². The molecule has 0 atom stereocenters. The standard InChI is InChI=1S/C20H22N4O3/c1-4-15-5-7-16(8-6-15)18(25)11-27-19(26)10-9-17-13(2)23-20-21-12-22-24(20)14(17)3/h5-8,12H,4,9-11H2,1-3H3. The molecular weight excluding hydrogens is 344 g/mol. The van der Waals surface area contributed by atoms with Gasteiger partial charge in [0.25, 0.3) is 5.78 Å². The summed E-state index contributed by atoms with van der Waals surface area (Å²) in [6, 6.07) is 7.35. The zero-order chi connectivity index (χ0) is 19.4. The van der Waals surface area contributed by atoms with Crippen LogP contribution in [0, 0.1) is 13.8 Å². The van der Waals surface area contributed by atoms with Gasteiger partial charge < -0.3 is 4.74 Å².